The van der Waals surface area contributed by atoms with Crippen molar-refractivity contribution in [3.8, 4) is 5.75 Å². The number of hydrogen-bond donors (Lipinski definition) is 1. The maximum absolute atomic E-state index is 9.66. The van der Waals surface area contributed by atoms with Gasteiger partial charge in [0.1, 0.15) is 5.75 Å². The van der Waals surface area contributed by atoms with Crippen molar-refractivity contribution >= 4 is 11.6 Å². The number of rotatable bonds is 3. The molecule has 1 aliphatic rings. The molecule has 0 heterocycles. The molecule has 1 aromatic rings. The SMILES string of the molecule is CN(C)C[C@@H]1CCCC[C@@]1(Cl)c1cccc(O)c1. The molecule has 0 spiro atoms. The average molecular weight is 268 g/mol. The van der Waals surface area contributed by atoms with E-state index in [2.05, 4.69) is 19.0 Å². The molecule has 3 heteroatoms. The van der Waals surface area contributed by atoms with E-state index in [4.69, 9.17) is 11.6 Å². The van der Waals surface area contributed by atoms with E-state index >= 15 is 0 Å². The third-order valence-electron chi connectivity index (χ3n) is 3.90. The first-order valence-electron chi connectivity index (χ1n) is 6.65. The zero-order valence-electron chi connectivity index (χ0n) is 11.2. The van der Waals surface area contributed by atoms with Crippen molar-refractivity contribution in [3.63, 3.8) is 0 Å². The van der Waals surface area contributed by atoms with Crippen molar-refractivity contribution in [2.24, 2.45) is 5.92 Å². The van der Waals surface area contributed by atoms with E-state index in [1.54, 1.807) is 6.07 Å². The van der Waals surface area contributed by atoms with Crippen LogP contribution in [-0.4, -0.2) is 30.6 Å². The summed E-state index contributed by atoms with van der Waals surface area (Å²) in [4.78, 5) is 1.89. The average Bonchev–Trinajstić information content (AvgIpc) is 2.32. The second-order valence-corrected chi connectivity index (χ2v) is 6.29. The van der Waals surface area contributed by atoms with Crippen LogP contribution in [0.4, 0.5) is 0 Å². The molecule has 0 radical (unpaired) electrons. The molecular formula is C15H22ClNO. The summed E-state index contributed by atoms with van der Waals surface area (Å²) in [5, 5.41) is 9.66. The maximum atomic E-state index is 9.66. The predicted molar refractivity (Wildman–Crippen MR) is 76.1 cm³/mol. The molecule has 1 aromatic carbocycles. The van der Waals surface area contributed by atoms with Gasteiger partial charge in [-0.05, 0) is 50.6 Å². The fourth-order valence-electron chi connectivity index (χ4n) is 3.03. The Bertz CT molecular complexity index is 407. The molecule has 0 aromatic heterocycles. The fourth-order valence-corrected chi connectivity index (χ4v) is 3.46. The van der Waals surface area contributed by atoms with Crippen LogP contribution in [0.5, 0.6) is 5.75 Å². The number of phenols is 1. The molecule has 18 heavy (non-hydrogen) atoms. The first-order chi connectivity index (χ1) is 8.52. The molecule has 100 valence electrons. The Morgan fingerprint density at radius 2 is 2.17 bits per heavy atom. The molecule has 1 N–H and O–H groups in total. The topological polar surface area (TPSA) is 23.5 Å². The summed E-state index contributed by atoms with van der Waals surface area (Å²) < 4.78 is 0. The number of phenolic OH excluding ortho intramolecular Hbond substituents is 1. The predicted octanol–water partition coefficient (Wildman–Crippen LogP) is 3.58. The highest BCUT2D eigenvalue weighted by Crippen LogP contribution is 2.47. The second kappa shape index (κ2) is 5.50. The number of halogens is 1. The van der Waals surface area contributed by atoms with Gasteiger partial charge in [0.25, 0.3) is 0 Å². The molecule has 0 aliphatic heterocycles. The number of benzene rings is 1. The highest BCUT2D eigenvalue weighted by Gasteiger charge is 2.40. The lowest BCUT2D eigenvalue weighted by Gasteiger charge is -2.41. The second-order valence-electron chi connectivity index (χ2n) is 5.62. The van der Waals surface area contributed by atoms with Crippen LogP contribution >= 0.6 is 11.6 Å². The van der Waals surface area contributed by atoms with Gasteiger partial charge in [-0.3, -0.25) is 0 Å². The van der Waals surface area contributed by atoms with E-state index in [0.29, 0.717) is 11.7 Å². The van der Waals surface area contributed by atoms with Crippen molar-refractivity contribution in [1.82, 2.24) is 4.90 Å². The molecule has 1 saturated carbocycles. The van der Waals surface area contributed by atoms with E-state index in [1.807, 2.05) is 18.2 Å². The Labute approximate surface area is 115 Å². The lowest BCUT2D eigenvalue weighted by atomic mass is 9.74. The molecule has 0 unspecified atom stereocenters. The maximum Gasteiger partial charge on any atom is 0.115 e. The quantitative estimate of drug-likeness (QED) is 0.847. The van der Waals surface area contributed by atoms with Gasteiger partial charge in [0.2, 0.25) is 0 Å². The van der Waals surface area contributed by atoms with Gasteiger partial charge in [0.05, 0.1) is 4.87 Å². The molecule has 0 amide bonds. The molecule has 1 aliphatic carbocycles. The molecule has 0 saturated heterocycles. The van der Waals surface area contributed by atoms with Crippen LogP contribution in [-0.2, 0) is 4.87 Å². The van der Waals surface area contributed by atoms with E-state index in [0.717, 1.165) is 24.9 Å². The monoisotopic (exact) mass is 267 g/mol. The molecule has 2 rings (SSSR count). The van der Waals surface area contributed by atoms with Crippen molar-refractivity contribution in [2.45, 2.75) is 30.6 Å². The first kappa shape index (κ1) is 13.7. The van der Waals surface area contributed by atoms with E-state index in [1.165, 1.54) is 12.8 Å². The van der Waals surface area contributed by atoms with E-state index in [9.17, 15) is 5.11 Å². The normalized spacial score (nSPS) is 28.6. The van der Waals surface area contributed by atoms with Crippen LogP contribution in [0.15, 0.2) is 24.3 Å². The van der Waals surface area contributed by atoms with Gasteiger partial charge in [-0.2, -0.15) is 0 Å². The summed E-state index contributed by atoms with van der Waals surface area (Å²) in [6.45, 7) is 0.999. The minimum atomic E-state index is -0.318. The van der Waals surface area contributed by atoms with Gasteiger partial charge < -0.3 is 10.0 Å². The summed E-state index contributed by atoms with van der Waals surface area (Å²) >= 11 is 6.94. The van der Waals surface area contributed by atoms with Crippen LogP contribution in [0.2, 0.25) is 0 Å². The van der Waals surface area contributed by atoms with Crippen molar-refractivity contribution in [2.75, 3.05) is 20.6 Å². The number of alkyl halides is 1. The standard InChI is InChI=1S/C15H22ClNO/c1-17(2)11-13-6-3-4-9-15(13,16)12-7-5-8-14(18)10-12/h5,7-8,10,13,18H,3-4,6,9,11H2,1-2H3/t13-,15+/m0/s1. The highest BCUT2D eigenvalue weighted by molar-refractivity contribution is 6.24. The number of nitrogens with zero attached hydrogens (tertiary/aromatic N) is 1. The number of aromatic hydroxyl groups is 1. The van der Waals surface area contributed by atoms with Crippen molar-refractivity contribution in [1.29, 1.82) is 0 Å². The fraction of sp³-hybridized carbons (Fsp3) is 0.600. The summed E-state index contributed by atoms with van der Waals surface area (Å²) in [7, 11) is 4.18. The third kappa shape index (κ3) is 2.81. The Balaban J connectivity index is 2.29. The molecule has 1 fully saturated rings. The summed E-state index contributed by atoms with van der Waals surface area (Å²) in [5.74, 6) is 0.756. The van der Waals surface area contributed by atoms with Gasteiger partial charge in [0.15, 0.2) is 0 Å². The minimum Gasteiger partial charge on any atom is -0.508 e. The van der Waals surface area contributed by atoms with Gasteiger partial charge in [-0.1, -0.05) is 25.0 Å². The molecule has 2 atom stereocenters. The molecular weight excluding hydrogens is 246 g/mol. The van der Waals surface area contributed by atoms with Crippen molar-refractivity contribution < 1.29 is 5.11 Å². The largest absolute Gasteiger partial charge is 0.508 e. The number of hydrogen-bond acceptors (Lipinski definition) is 2. The lowest BCUT2D eigenvalue weighted by molar-refractivity contribution is 0.207. The van der Waals surface area contributed by atoms with Crippen LogP contribution < -0.4 is 0 Å². The van der Waals surface area contributed by atoms with Crippen LogP contribution in [0.1, 0.15) is 31.2 Å². The zero-order valence-corrected chi connectivity index (χ0v) is 12.0. The minimum absolute atomic E-state index is 0.307. The highest BCUT2D eigenvalue weighted by atomic mass is 35.5. The smallest absolute Gasteiger partial charge is 0.115 e. The van der Waals surface area contributed by atoms with Gasteiger partial charge >= 0.3 is 0 Å². The van der Waals surface area contributed by atoms with Crippen LogP contribution in [0.3, 0.4) is 0 Å². The van der Waals surface area contributed by atoms with E-state index < -0.39 is 0 Å². The van der Waals surface area contributed by atoms with Crippen LogP contribution in [0, 0.1) is 5.92 Å². The van der Waals surface area contributed by atoms with Gasteiger partial charge in [0, 0.05) is 6.54 Å². The Morgan fingerprint density at radius 3 is 2.83 bits per heavy atom. The Hall–Kier alpha value is -0.730. The summed E-state index contributed by atoms with van der Waals surface area (Å²) in [6, 6.07) is 7.45. The zero-order chi connectivity index (χ0) is 13.2. The van der Waals surface area contributed by atoms with Crippen molar-refractivity contribution in [3.05, 3.63) is 29.8 Å². The summed E-state index contributed by atoms with van der Waals surface area (Å²) in [6.07, 6.45) is 4.59. The van der Waals surface area contributed by atoms with Gasteiger partial charge in [-0.25, -0.2) is 0 Å². The van der Waals surface area contributed by atoms with E-state index in [-0.39, 0.29) is 4.87 Å². The summed E-state index contributed by atoms with van der Waals surface area (Å²) in [5.41, 5.74) is 1.07. The van der Waals surface area contributed by atoms with Gasteiger partial charge in [-0.15, -0.1) is 11.6 Å². The first-order valence-corrected chi connectivity index (χ1v) is 7.03. The van der Waals surface area contributed by atoms with Crippen LogP contribution in [0.25, 0.3) is 0 Å². The third-order valence-corrected chi connectivity index (χ3v) is 4.62. The lowest BCUT2D eigenvalue weighted by Crippen LogP contribution is -2.39. The molecule has 2 nitrogen and oxygen atoms in total. The Kier molecular flexibility index (Phi) is 4.18. The Morgan fingerprint density at radius 1 is 1.39 bits per heavy atom. The molecule has 0 bridgehead atoms.